The molecule has 6 aromatic heterocycles. The molecule has 0 saturated carbocycles. The Balaban J connectivity index is 0.974. The second-order valence-electron chi connectivity index (χ2n) is 22.6. The van der Waals surface area contributed by atoms with Crippen molar-refractivity contribution in [3.8, 4) is 119 Å². The van der Waals surface area contributed by atoms with Gasteiger partial charge in [-0.25, -0.2) is 41.9 Å². The van der Waals surface area contributed by atoms with Crippen LogP contribution in [0, 0.1) is 40.4 Å². The molecule has 16 aromatic rings. The molecule has 0 spiro atoms. The molecular formula is C81H46F5N7. The van der Waals surface area contributed by atoms with Crippen LogP contribution in [0.3, 0.4) is 0 Å². The number of hydrogen-bond donors (Lipinski definition) is 0. The summed E-state index contributed by atoms with van der Waals surface area (Å²) >= 11 is 0. The molecule has 0 saturated heterocycles. The lowest BCUT2D eigenvalue weighted by Gasteiger charge is -2.19. The molecule has 12 heteroatoms. The fourth-order valence-corrected chi connectivity index (χ4v) is 12.7. The molecule has 16 rings (SSSR count). The Labute approximate surface area is 529 Å². The molecule has 0 radical (unpaired) electrons. The van der Waals surface area contributed by atoms with Crippen molar-refractivity contribution in [2.45, 2.75) is 0 Å². The van der Waals surface area contributed by atoms with Crippen LogP contribution in [0.2, 0.25) is 0 Å². The normalized spacial score (nSPS) is 11.5. The van der Waals surface area contributed by atoms with Crippen LogP contribution in [0.5, 0.6) is 0 Å². The minimum atomic E-state index is -2.30. The van der Waals surface area contributed by atoms with Crippen molar-refractivity contribution in [3.63, 3.8) is 0 Å². The average Bonchev–Trinajstić information content (AvgIpc) is 1.60. The van der Waals surface area contributed by atoms with E-state index in [1.165, 1.54) is 12.1 Å². The van der Waals surface area contributed by atoms with Crippen molar-refractivity contribution in [1.82, 2.24) is 29.1 Å². The zero-order valence-corrected chi connectivity index (χ0v) is 49.1. The molecule has 0 aliphatic carbocycles. The summed E-state index contributed by atoms with van der Waals surface area (Å²) in [6.45, 7) is 0. The van der Waals surface area contributed by atoms with E-state index in [9.17, 15) is 5.26 Å². The van der Waals surface area contributed by atoms with Gasteiger partial charge in [0.15, 0.2) is 23.3 Å². The van der Waals surface area contributed by atoms with Crippen molar-refractivity contribution in [3.05, 3.63) is 314 Å². The number of halogens is 5. The molecule has 0 atom stereocenters. The highest BCUT2D eigenvalue weighted by Gasteiger charge is 2.30. The van der Waals surface area contributed by atoms with E-state index in [4.69, 9.17) is 19.9 Å². The van der Waals surface area contributed by atoms with Gasteiger partial charge < -0.3 is 9.13 Å². The molecule has 440 valence electrons. The van der Waals surface area contributed by atoms with Gasteiger partial charge in [-0.1, -0.05) is 170 Å². The van der Waals surface area contributed by atoms with Crippen LogP contribution < -0.4 is 0 Å². The molecular weight excluding hydrogens is 1170 g/mol. The summed E-state index contributed by atoms with van der Waals surface area (Å²) in [5, 5.41) is 14.8. The first-order chi connectivity index (χ1) is 45.6. The fourth-order valence-electron chi connectivity index (χ4n) is 12.7. The minimum absolute atomic E-state index is 0.0189. The Morgan fingerprint density at radius 3 is 0.753 bits per heavy atom. The zero-order valence-electron chi connectivity index (χ0n) is 49.1. The average molecular weight is 1210 g/mol. The number of fused-ring (bicyclic) bond motifs is 6. The molecule has 0 unspecified atom stereocenters. The van der Waals surface area contributed by atoms with Gasteiger partial charge in [0.1, 0.15) is 11.6 Å². The van der Waals surface area contributed by atoms with Crippen molar-refractivity contribution in [2.24, 2.45) is 0 Å². The quantitative estimate of drug-likeness (QED) is 0.0732. The van der Waals surface area contributed by atoms with Gasteiger partial charge in [-0.3, -0.25) is 0 Å². The van der Waals surface area contributed by atoms with Gasteiger partial charge in [0, 0.05) is 66.1 Å². The lowest BCUT2D eigenvalue weighted by molar-refractivity contribution is 0.381. The van der Waals surface area contributed by atoms with Crippen LogP contribution in [0.4, 0.5) is 22.0 Å². The van der Waals surface area contributed by atoms with Crippen LogP contribution in [0.15, 0.2) is 279 Å². The van der Waals surface area contributed by atoms with Gasteiger partial charge in [0.25, 0.3) is 0 Å². The second kappa shape index (κ2) is 22.8. The lowest BCUT2D eigenvalue weighted by Crippen LogP contribution is -2.08. The van der Waals surface area contributed by atoms with E-state index in [0.29, 0.717) is 66.4 Å². The molecule has 6 heterocycles. The highest BCUT2D eigenvalue weighted by atomic mass is 19.2. The van der Waals surface area contributed by atoms with Crippen molar-refractivity contribution in [2.75, 3.05) is 0 Å². The van der Waals surface area contributed by atoms with Gasteiger partial charge in [-0.15, -0.1) is 0 Å². The molecule has 0 N–H and O–H groups in total. The SMILES string of the molecule is N#Cc1c(-n2c3ccc(-c4cccc(-c5ccccc5)n4)cc3c3cc(-c4cccc(-c5ccccc5)n4)ccc32)cc(-c2c(F)c(F)c(F)c(F)c2F)cc1-n1c2ccc(-c3cccc(-c4ccccc4)n3)cc2c2cc(-c3cccc(-c4ccccc4)n3)ccc21. The maximum atomic E-state index is 16.8. The fraction of sp³-hybridized carbons (Fsp3) is 0. The molecule has 0 fully saturated rings. The van der Waals surface area contributed by atoms with Crippen molar-refractivity contribution in [1.29, 1.82) is 5.26 Å². The predicted octanol–water partition coefficient (Wildman–Crippen LogP) is 21.0. The summed E-state index contributed by atoms with van der Waals surface area (Å²) in [6, 6.07) is 91.2. The van der Waals surface area contributed by atoms with E-state index in [1.54, 1.807) is 0 Å². The Hall–Kier alpha value is -12.5. The Bertz CT molecular complexity index is 5090. The molecule has 0 bridgehead atoms. The van der Waals surface area contributed by atoms with Crippen LogP contribution >= 0.6 is 0 Å². The Kier molecular flexibility index (Phi) is 13.7. The maximum absolute atomic E-state index is 16.8. The van der Waals surface area contributed by atoms with Crippen LogP contribution in [0.25, 0.3) is 156 Å². The summed E-state index contributed by atoms with van der Waals surface area (Å²) in [6.07, 6.45) is 0. The van der Waals surface area contributed by atoms with Gasteiger partial charge in [-0.2, -0.15) is 5.26 Å². The molecule has 0 aliphatic heterocycles. The molecule has 93 heavy (non-hydrogen) atoms. The second-order valence-corrected chi connectivity index (χ2v) is 22.6. The van der Waals surface area contributed by atoms with E-state index in [0.717, 1.165) is 67.3 Å². The lowest BCUT2D eigenvalue weighted by atomic mass is 9.98. The summed E-state index contributed by atoms with van der Waals surface area (Å²) in [5.41, 5.74) is 13.4. The summed E-state index contributed by atoms with van der Waals surface area (Å²) in [5.74, 6) is -10.6. The first-order valence-electron chi connectivity index (χ1n) is 30.0. The van der Waals surface area contributed by atoms with E-state index < -0.39 is 34.6 Å². The Morgan fingerprint density at radius 2 is 0.495 bits per heavy atom. The highest BCUT2D eigenvalue weighted by Crippen LogP contribution is 2.45. The third-order valence-corrected chi connectivity index (χ3v) is 17.2. The van der Waals surface area contributed by atoms with Crippen LogP contribution in [-0.4, -0.2) is 29.1 Å². The first-order valence-corrected chi connectivity index (χ1v) is 30.0. The van der Waals surface area contributed by atoms with Crippen LogP contribution in [-0.2, 0) is 0 Å². The first kappa shape index (κ1) is 55.8. The van der Waals surface area contributed by atoms with E-state index in [-0.39, 0.29) is 22.5 Å². The van der Waals surface area contributed by atoms with E-state index in [1.807, 2.05) is 276 Å². The third-order valence-electron chi connectivity index (χ3n) is 17.2. The highest BCUT2D eigenvalue weighted by molar-refractivity contribution is 6.14. The monoisotopic (exact) mass is 1210 g/mol. The summed E-state index contributed by atoms with van der Waals surface area (Å²) in [4.78, 5) is 20.5. The van der Waals surface area contributed by atoms with Crippen molar-refractivity contribution < 1.29 is 22.0 Å². The van der Waals surface area contributed by atoms with E-state index in [2.05, 4.69) is 6.07 Å². The van der Waals surface area contributed by atoms with Gasteiger partial charge in [0.2, 0.25) is 5.82 Å². The number of rotatable bonds is 11. The summed E-state index contributed by atoms with van der Waals surface area (Å²) < 4.78 is 83.9. The molecule has 0 amide bonds. The molecule has 0 aliphatic rings. The molecule has 7 nitrogen and oxygen atoms in total. The number of aromatic nitrogens is 6. The topological polar surface area (TPSA) is 85.2 Å². The predicted molar refractivity (Wildman–Crippen MR) is 360 cm³/mol. The third kappa shape index (κ3) is 9.74. The number of pyridine rings is 4. The van der Waals surface area contributed by atoms with Gasteiger partial charge in [-0.05, 0) is 115 Å². The number of nitrogens with zero attached hydrogens (tertiary/aromatic N) is 7. The Morgan fingerprint density at radius 1 is 0.247 bits per heavy atom. The van der Waals surface area contributed by atoms with Crippen LogP contribution in [0.1, 0.15) is 5.56 Å². The summed E-state index contributed by atoms with van der Waals surface area (Å²) in [7, 11) is 0. The minimum Gasteiger partial charge on any atom is -0.308 e. The zero-order chi connectivity index (χ0) is 62.8. The maximum Gasteiger partial charge on any atom is 0.200 e. The largest absolute Gasteiger partial charge is 0.308 e. The van der Waals surface area contributed by atoms with Gasteiger partial charge in [0.05, 0.1) is 84.6 Å². The standard InChI is InChI=1S/C81H46F5N7/c82-77-76(78(83)80(85)81(86)79(77)84)56-45-74(92-70-37-33-52(66-29-13-25-62(88-66)48-17-5-1-6-18-48)41-57(70)58-42-53(34-38-71(58)92)67-30-14-26-63(89-67)49-19-7-2-8-20-49)61(47-87)75(46-56)93-72-39-35-54(68-31-15-27-64(90-68)50-21-9-3-10-22-50)43-59(72)60-44-55(36-40-73(60)93)69-32-16-28-65(91-69)51-23-11-4-12-24-51/h1-46H. The van der Waals surface area contributed by atoms with Gasteiger partial charge >= 0.3 is 0 Å². The molecule has 10 aromatic carbocycles. The smallest absolute Gasteiger partial charge is 0.200 e. The number of benzene rings is 10. The number of hydrogen-bond acceptors (Lipinski definition) is 5. The number of nitriles is 1. The van der Waals surface area contributed by atoms with Crippen molar-refractivity contribution >= 4 is 43.6 Å². The van der Waals surface area contributed by atoms with E-state index >= 15 is 22.0 Å².